The molecule has 23 heavy (non-hydrogen) atoms. The summed E-state index contributed by atoms with van der Waals surface area (Å²) in [4.78, 5) is 0. The molecule has 0 aliphatic rings. The number of rotatable bonds is 10. The minimum absolute atomic E-state index is 0.185. The summed E-state index contributed by atoms with van der Waals surface area (Å²) >= 11 is 0. The third-order valence-corrected chi connectivity index (χ3v) is 5.27. The predicted molar refractivity (Wildman–Crippen MR) is 102 cm³/mol. The first-order valence-electron chi connectivity index (χ1n) is 9.26. The zero-order chi connectivity index (χ0) is 17.6. The molecule has 0 bridgehead atoms. The van der Waals surface area contributed by atoms with E-state index < -0.39 is 8.56 Å². The van der Waals surface area contributed by atoms with E-state index in [1.165, 1.54) is 0 Å². The van der Waals surface area contributed by atoms with Crippen molar-refractivity contribution >= 4 is 8.56 Å². The van der Waals surface area contributed by atoms with Crippen LogP contribution in [-0.2, 0) is 8.85 Å². The van der Waals surface area contributed by atoms with Gasteiger partial charge in [0.2, 0.25) is 0 Å². The molecule has 3 heteroatoms. The summed E-state index contributed by atoms with van der Waals surface area (Å²) in [5, 5.41) is 0. The molecule has 2 nitrogen and oxygen atoms in total. The van der Waals surface area contributed by atoms with Gasteiger partial charge in [0.15, 0.2) is 0 Å². The Hall–Kier alpha value is -0.743. The molecule has 0 fully saturated rings. The third kappa shape index (κ3) is 12.4. The van der Waals surface area contributed by atoms with E-state index >= 15 is 0 Å². The van der Waals surface area contributed by atoms with Crippen LogP contribution in [-0.4, -0.2) is 20.8 Å². The van der Waals surface area contributed by atoms with E-state index in [1.54, 1.807) is 0 Å². The van der Waals surface area contributed by atoms with Crippen molar-refractivity contribution in [3.8, 4) is 23.7 Å². The van der Waals surface area contributed by atoms with Crippen molar-refractivity contribution in [2.75, 3.05) is 0 Å². The third-order valence-electron chi connectivity index (χ3n) is 3.47. The highest BCUT2D eigenvalue weighted by Gasteiger charge is 2.30. The van der Waals surface area contributed by atoms with Gasteiger partial charge in [0.05, 0.1) is 12.2 Å². The number of hydrogen-bond acceptors (Lipinski definition) is 2. The molecule has 0 saturated carbocycles. The Morgan fingerprint density at radius 2 is 1.09 bits per heavy atom. The summed E-state index contributed by atoms with van der Waals surface area (Å²) in [6, 6.07) is 0. The van der Waals surface area contributed by atoms with Gasteiger partial charge in [-0.1, -0.05) is 27.7 Å². The molecule has 0 aliphatic heterocycles. The molecule has 0 heterocycles. The van der Waals surface area contributed by atoms with E-state index in [1.807, 2.05) is 0 Å². The molecule has 2 unspecified atom stereocenters. The zero-order valence-corrected chi connectivity index (χ0v) is 17.1. The standard InChI is InChI=1S/C20H36O2Si/c1-7-11-13-15-17-19(9-3)21-23(5,6)22-20(10-4)18-16-14-12-8-2/h19-20H,7-12,17-18H2,1-6H3. The van der Waals surface area contributed by atoms with E-state index in [0.29, 0.717) is 0 Å². The van der Waals surface area contributed by atoms with Gasteiger partial charge in [0.25, 0.3) is 0 Å². The lowest BCUT2D eigenvalue weighted by Crippen LogP contribution is -2.42. The van der Waals surface area contributed by atoms with Gasteiger partial charge in [-0.15, -0.1) is 23.7 Å². The first-order valence-corrected chi connectivity index (χ1v) is 12.1. The van der Waals surface area contributed by atoms with Crippen LogP contribution in [0.4, 0.5) is 0 Å². The maximum Gasteiger partial charge on any atom is 0.332 e. The summed E-state index contributed by atoms with van der Waals surface area (Å²) in [7, 11) is -2.14. The van der Waals surface area contributed by atoms with E-state index in [0.717, 1.165) is 51.4 Å². The van der Waals surface area contributed by atoms with E-state index in [2.05, 4.69) is 64.5 Å². The molecule has 0 radical (unpaired) electrons. The van der Waals surface area contributed by atoms with E-state index in [9.17, 15) is 0 Å². The molecule has 0 spiro atoms. The minimum atomic E-state index is -2.14. The topological polar surface area (TPSA) is 18.5 Å². The zero-order valence-electron chi connectivity index (χ0n) is 16.1. The van der Waals surface area contributed by atoms with Crippen molar-refractivity contribution in [1.82, 2.24) is 0 Å². The van der Waals surface area contributed by atoms with Crippen molar-refractivity contribution < 1.29 is 8.85 Å². The number of hydrogen-bond donors (Lipinski definition) is 0. The predicted octanol–water partition coefficient (Wildman–Crippen LogP) is 5.67. The fourth-order valence-electron chi connectivity index (χ4n) is 2.17. The van der Waals surface area contributed by atoms with Gasteiger partial charge in [0, 0.05) is 25.7 Å². The summed E-state index contributed by atoms with van der Waals surface area (Å²) in [5.41, 5.74) is 0. The first kappa shape index (κ1) is 22.3. The van der Waals surface area contributed by atoms with Crippen LogP contribution in [0.25, 0.3) is 0 Å². The van der Waals surface area contributed by atoms with Crippen molar-refractivity contribution in [2.45, 2.75) is 104 Å². The van der Waals surface area contributed by atoms with Crippen molar-refractivity contribution in [3.63, 3.8) is 0 Å². The highest BCUT2D eigenvalue weighted by Crippen LogP contribution is 2.18. The molecule has 0 aromatic rings. The van der Waals surface area contributed by atoms with Gasteiger partial charge < -0.3 is 8.85 Å². The van der Waals surface area contributed by atoms with Crippen LogP contribution in [0.3, 0.4) is 0 Å². The summed E-state index contributed by atoms with van der Waals surface area (Å²) < 4.78 is 12.6. The Morgan fingerprint density at radius 1 is 0.696 bits per heavy atom. The molecular weight excluding hydrogens is 300 g/mol. The quantitative estimate of drug-likeness (QED) is 0.378. The lowest BCUT2D eigenvalue weighted by molar-refractivity contribution is 0.0848. The molecule has 0 saturated heterocycles. The van der Waals surface area contributed by atoms with Crippen molar-refractivity contribution in [3.05, 3.63) is 0 Å². The summed E-state index contributed by atoms with van der Waals surface area (Å²) in [6.45, 7) is 12.9. The fraction of sp³-hybridized carbons (Fsp3) is 0.800. The Kier molecular flexibility index (Phi) is 13.2. The molecule has 0 rings (SSSR count). The highest BCUT2D eigenvalue weighted by molar-refractivity contribution is 6.64. The van der Waals surface area contributed by atoms with Gasteiger partial charge >= 0.3 is 8.56 Å². The summed E-state index contributed by atoms with van der Waals surface area (Å²) in [5.74, 6) is 12.9. The van der Waals surface area contributed by atoms with Gasteiger partial charge in [-0.05, 0) is 38.8 Å². The molecule has 0 amide bonds. The molecule has 0 aromatic heterocycles. The van der Waals surface area contributed by atoms with Crippen LogP contribution in [0, 0.1) is 23.7 Å². The van der Waals surface area contributed by atoms with Gasteiger partial charge in [-0.2, -0.15) is 0 Å². The molecule has 0 aliphatic carbocycles. The van der Waals surface area contributed by atoms with Crippen LogP contribution in [0.5, 0.6) is 0 Å². The Balaban J connectivity index is 4.46. The number of unbranched alkanes of at least 4 members (excludes halogenated alkanes) is 2. The maximum atomic E-state index is 6.29. The Labute approximate surface area is 146 Å². The molecule has 132 valence electrons. The van der Waals surface area contributed by atoms with Crippen molar-refractivity contribution in [2.24, 2.45) is 0 Å². The minimum Gasteiger partial charge on any atom is -0.390 e. The van der Waals surface area contributed by atoms with Crippen LogP contribution in [0.1, 0.15) is 79.1 Å². The van der Waals surface area contributed by atoms with Gasteiger partial charge in [-0.25, -0.2) is 0 Å². The van der Waals surface area contributed by atoms with E-state index in [-0.39, 0.29) is 12.2 Å². The second-order valence-corrected chi connectivity index (χ2v) is 9.58. The monoisotopic (exact) mass is 336 g/mol. The fourth-order valence-corrected chi connectivity index (χ4v) is 4.33. The van der Waals surface area contributed by atoms with Crippen LogP contribution < -0.4 is 0 Å². The van der Waals surface area contributed by atoms with E-state index in [4.69, 9.17) is 8.85 Å². The largest absolute Gasteiger partial charge is 0.390 e. The lowest BCUT2D eigenvalue weighted by Gasteiger charge is -2.31. The van der Waals surface area contributed by atoms with Crippen LogP contribution in [0.15, 0.2) is 0 Å². The molecular formula is C20H36O2Si. The molecule has 2 atom stereocenters. The maximum absolute atomic E-state index is 6.29. The second-order valence-electron chi connectivity index (χ2n) is 6.31. The Morgan fingerprint density at radius 3 is 1.39 bits per heavy atom. The highest BCUT2D eigenvalue weighted by atomic mass is 28.4. The average molecular weight is 337 g/mol. The van der Waals surface area contributed by atoms with Gasteiger partial charge in [0.1, 0.15) is 0 Å². The smallest absolute Gasteiger partial charge is 0.332 e. The Bertz CT molecular complexity index is 371. The normalized spacial score (nSPS) is 13.5. The second kappa shape index (κ2) is 13.7. The lowest BCUT2D eigenvalue weighted by atomic mass is 10.2. The molecule has 0 N–H and O–H groups in total. The average Bonchev–Trinajstić information content (AvgIpc) is 2.53. The summed E-state index contributed by atoms with van der Waals surface area (Å²) in [6.07, 6.45) is 8.13. The SMILES string of the molecule is CCCC#CCC(CC)O[Si](C)(C)OC(CC)CC#CCCC. The van der Waals surface area contributed by atoms with Crippen LogP contribution >= 0.6 is 0 Å². The first-order chi connectivity index (χ1) is 11.0. The van der Waals surface area contributed by atoms with Gasteiger partial charge in [-0.3, -0.25) is 0 Å². The van der Waals surface area contributed by atoms with Crippen molar-refractivity contribution in [1.29, 1.82) is 0 Å². The van der Waals surface area contributed by atoms with Crippen LogP contribution in [0.2, 0.25) is 13.1 Å². The molecule has 0 aromatic carbocycles.